The molecule has 0 atom stereocenters. The Morgan fingerprint density at radius 2 is 1.91 bits per heavy atom. The highest BCUT2D eigenvalue weighted by Crippen LogP contribution is 2.28. The Balaban J connectivity index is 1.47. The molecular weight excluding hydrogens is 425 g/mol. The van der Waals surface area contributed by atoms with Crippen LogP contribution in [0, 0.1) is 12.7 Å². The molecule has 0 aliphatic carbocycles. The van der Waals surface area contributed by atoms with Crippen molar-refractivity contribution >= 4 is 11.7 Å². The van der Waals surface area contributed by atoms with Gasteiger partial charge in [-0.3, -0.25) is 9.36 Å². The van der Waals surface area contributed by atoms with Crippen molar-refractivity contribution in [2.45, 2.75) is 45.3 Å². The molecule has 32 heavy (non-hydrogen) atoms. The molecule has 0 saturated carbocycles. The highest BCUT2D eigenvalue weighted by molar-refractivity contribution is 5.81. The summed E-state index contributed by atoms with van der Waals surface area (Å²) in [6, 6.07) is 6.33. The second-order valence-corrected chi connectivity index (χ2v) is 8.27. The first kappa shape index (κ1) is 22.2. The third-order valence-corrected chi connectivity index (χ3v) is 5.90. The number of carbonyl (C=O) groups is 1. The summed E-state index contributed by atoms with van der Waals surface area (Å²) in [6.45, 7) is 2.73. The highest BCUT2D eigenvalue weighted by atomic mass is 19.3. The van der Waals surface area contributed by atoms with E-state index in [4.69, 9.17) is 4.74 Å². The first-order chi connectivity index (χ1) is 15.2. The molecule has 1 fully saturated rings. The van der Waals surface area contributed by atoms with Crippen LogP contribution in [0.15, 0.2) is 29.1 Å². The molecular formula is C22H25F3N4O3. The fraction of sp³-hybridized carbons (Fsp3) is 0.500. The number of benzene rings is 1. The molecule has 10 heteroatoms. The molecule has 172 valence electrons. The van der Waals surface area contributed by atoms with Crippen LogP contribution in [-0.4, -0.2) is 52.5 Å². The summed E-state index contributed by atoms with van der Waals surface area (Å²) < 4.78 is 47.6. The molecule has 3 heterocycles. The number of alkyl halides is 2. The Morgan fingerprint density at radius 3 is 2.62 bits per heavy atom. The minimum Gasteiger partial charge on any atom is -0.473 e. The number of piperidine rings is 1. The predicted molar refractivity (Wildman–Crippen MR) is 112 cm³/mol. The number of aromatic nitrogens is 2. The average molecular weight is 450 g/mol. The van der Waals surface area contributed by atoms with Crippen LogP contribution in [-0.2, 0) is 17.9 Å². The lowest BCUT2D eigenvalue weighted by Crippen LogP contribution is -2.48. The minimum absolute atomic E-state index is 0.0162. The maximum Gasteiger partial charge on any atom is 0.352 e. The molecule has 0 N–H and O–H groups in total. The van der Waals surface area contributed by atoms with Crippen LogP contribution in [0.4, 0.5) is 19.0 Å². The normalized spacial score (nSPS) is 17.8. The highest BCUT2D eigenvalue weighted by Gasteiger charge is 2.36. The van der Waals surface area contributed by atoms with Crippen molar-refractivity contribution in [1.29, 1.82) is 0 Å². The van der Waals surface area contributed by atoms with Gasteiger partial charge in [0, 0.05) is 45.1 Å². The summed E-state index contributed by atoms with van der Waals surface area (Å²) in [7, 11) is 0. The van der Waals surface area contributed by atoms with Gasteiger partial charge >= 0.3 is 5.69 Å². The maximum absolute atomic E-state index is 13.8. The monoisotopic (exact) mass is 450 g/mol. The second-order valence-electron chi connectivity index (χ2n) is 8.27. The molecule has 2 aliphatic rings. The molecule has 2 aromatic rings. The number of carbonyl (C=O) groups excluding carboxylic acids is 1. The van der Waals surface area contributed by atoms with Gasteiger partial charge in [0.2, 0.25) is 11.8 Å². The SMILES string of the molecule is Cc1ccc(COc2cc3n(c(=O)n2)CCCN3CC(=O)N2CCC(F)(F)CC2)cc1F. The van der Waals surface area contributed by atoms with Crippen molar-refractivity contribution in [2.24, 2.45) is 0 Å². The third-order valence-electron chi connectivity index (χ3n) is 5.90. The molecule has 1 aromatic carbocycles. The molecule has 1 saturated heterocycles. The van der Waals surface area contributed by atoms with Gasteiger partial charge in [0.25, 0.3) is 5.92 Å². The summed E-state index contributed by atoms with van der Waals surface area (Å²) in [5.41, 5.74) is 0.626. The van der Waals surface area contributed by atoms with Crippen LogP contribution in [0.2, 0.25) is 0 Å². The Morgan fingerprint density at radius 1 is 1.16 bits per heavy atom. The van der Waals surface area contributed by atoms with E-state index in [0.717, 1.165) is 0 Å². The number of hydrogen-bond donors (Lipinski definition) is 0. The van der Waals surface area contributed by atoms with E-state index in [-0.39, 0.29) is 56.7 Å². The summed E-state index contributed by atoms with van der Waals surface area (Å²) >= 11 is 0. The molecule has 0 unspecified atom stereocenters. The molecule has 1 amide bonds. The summed E-state index contributed by atoms with van der Waals surface area (Å²) in [6.07, 6.45) is -0.0185. The van der Waals surface area contributed by atoms with Gasteiger partial charge in [-0.1, -0.05) is 12.1 Å². The fourth-order valence-electron chi connectivity index (χ4n) is 3.94. The Bertz CT molecular complexity index is 1060. The summed E-state index contributed by atoms with van der Waals surface area (Å²) in [5, 5.41) is 0. The van der Waals surface area contributed by atoms with Crippen molar-refractivity contribution in [2.75, 3.05) is 31.1 Å². The van der Waals surface area contributed by atoms with Gasteiger partial charge in [0.15, 0.2) is 0 Å². The smallest absolute Gasteiger partial charge is 0.352 e. The quantitative estimate of drug-likeness (QED) is 0.701. The lowest BCUT2D eigenvalue weighted by molar-refractivity contribution is -0.135. The van der Waals surface area contributed by atoms with Gasteiger partial charge < -0.3 is 14.5 Å². The van der Waals surface area contributed by atoms with Gasteiger partial charge in [-0.15, -0.1) is 0 Å². The standard InChI is InChI=1S/C22H25F3N4O3/c1-15-3-4-16(11-17(15)23)14-32-18-12-19-28(7-2-8-29(19)21(31)26-18)13-20(30)27-9-5-22(24,25)6-10-27/h3-4,11-12H,2,5-10,13-14H2,1H3. The topological polar surface area (TPSA) is 67.7 Å². The van der Waals surface area contributed by atoms with Crippen LogP contribution < -0.4 is 15.3 Å². The lowest BCUT2D eigenvalue weighted by Gasteiger charge is -2.35. The number of nitrogens with zero attached hydrogens (tertiary/aromatic N) is 4. The number of ether oxygens (including phenoxy) is 1. The van der Waals surface area contributed by atoms with E-state index in [9.17, 15) is 22.8 Å². The van der Waals surface area contributed by atoms with Crippen LogP contribution in [0.1, 0.15) is 30.4 Å². The number of rotatable bonds is 5. The number of likely N-dealkylation sites (tertiary alicyclic amines) is 1. The largest absolute Gasteiger partial charge is 0.473 e. The molecule has 7 nitrogen and oxygen atoms in total. The molecule has 0 bridgehead atoms. The first-order valence-corrected chi connectivity index (χ1v) is 10.6. The number of amides is 1. The number of hydrogen-bond acceptors (Lipinski definition) is 5. The van der Waals surface area contributed by atoms with E-state index < -0.39 is 11.6 Å². The second kappa shape index (κ2) is 8.84. The van der Waals surface area contributed by atoms with E-state index in [1.165, 1.54) is 15.5 Å². The zero-order chi connectivity index (χ0) is 22.9. The zero-order valence-corrected chi connectivity index (χ0v) is 17.8. The van der Waals surface area contributed by atoms with Crippen molar-refractivity contribution in [1.82, 2.24) is 14.5 Å². The number of halogens is 3. The van der Waals surface area contributed by atoms with Crippen LogP contribution in [0.3, 0.4) is 0 Å². The van der Waals surface area contributed by atoms with Crippen molar-refractivity contribution in [3.8, 4) is 5.88 Å². The van der Waals surface area contributed by atoms with Gasteiger partial charge in [-0.05, 0) is 30.5 Å². The number of aryl methyl sites for hydroxylation is 1. The molecule has 0 radical (unpaired) electrons. The Kier molecular flexibility index (Phi) is 6.12. The van der Waals surface area contributed by atoms with E-state index >= 15 is 0 Å². The van der Waals surface area contributed by atoms with Crippen molar-refractivity contribution in [3.05, 3.63) is 51.7 Å². The fourth-order valence-corrected chi connectivity index (χ4v) is 3.94. The predicted octanol–water partition coefficient (Wildman–Crippen LogP) is 2.74. The average Bonchev–Trinajstić information content (AvgIpc) is 2.75. The van der Waals surface area contributed by atoms with Gasteiger partial charge in [-0.25, -0.2) is 18.0 Å². The van der Waals surface area contributed by atoms with Gasteiger partial charge in [-0.2, -0.15) is 4.98 Å². The Hall–Kier alpha value is -3.04. The molecule has 0 spiro atoms. The zero-order valence-electron chi connectivity index (χ0n) is 17.8. The summed E-state index contributed by atoms with van der Waals surface area (Å²) in [4.78, 5) is 32.3. The van der Waals surface area contributed by atoms with Crippen molar-refractivity contribution < 1.29 is 22.7 Å². The van der Waals surface area contributed by atoms with Crippen LogP contribution in [0.5, 0.6) is 5.88 Å². The van der Waals surface area contributed by atoms with E-state index in [1.807, 2.05) is 0 Å². The minimum atomic E-state index is -2.72. The number of fused-ring (bicyclic) bond motifs is 1. The maximum atomic E-state index is 13.8. The van der Waals surface area contributed by atoms with Crippen LogP contribution >= 0.6 is 0 Å². The lowest BCUT2D eigenvalue weighted by atomic mass is 10.1. The molecule has 2 aliphatic heterocycles. The van der Waals surface area contributed by atoms with Crippen molar-refractivity contribution in [3.63, 3.8) is 0 Å². The Labute approximate surface area is 183 Å². The van der Waals surface area contributed by atoms with Crippen LogP contribution in [0.25, 0.3) is 0 Å². The molecule has 4 rings (SSSR count). The van der Waals surface area contributed by atoms with E-state index in [1.54, 1.807) is 30.0 Å². The summed E-state index contributed by atoms with van der Waals surface area (Å²) in [5.74, 6) is -2.74. The van der Waals surface area contributed by atoms with E-state index in [0.29, 0.717) is 36.5 Å². The number of anilines is 1. The van der Waals surface area contributed by atoms with Gasteiger partial charge in [0.1, 0.15) is 18.2 Å². The first-order valence-electron chi connectivity index (χ1n) is 10.6. The molecule has 1 aromatic heterocycles. The van der Waals surface area contributed by atoms with E-state index in [2.05, 4.69) is 4.98 Å². The third kappa shape index (κ3) is 4.89. The van der Waals surface area contributed by atoms with Gasteiger partial charge in [0.05, 0.1) is 6.54 Å².